The molecule has 0 N–H and O–H groups in total. The number of rotatable bonds is 1. The molecule has 0 aromatic heterocycles. The summed E-state index contributed by atoms with van der Waals surface area (Å²) in [4.78, 5) is 10.6. The van der Waals surface area contributed by atoms with Gasteiger partial charge in [0.25, 0.3) is 0 Å². The van der Waals surface area contributed by atoms with Crippen LogP contribution in [0.4, 0.5) is 0 Å². The van der Waals surface area contributed by atoms with Crippen molar-refractivity contribution < 1.29 is 4.79 Å². The Hall–Kier alpha value is -1.63. The van der Waals surface area contributed by atoms with Crippen molar-refractivity contribution in [2.24, 2.45) is 0 Å². The minimum atomic E-state index is 0.737. The predicted octanol–water partition coefficient (Wildman–Crippen LogP) is 3.27. The van der Waals surface area contributed by atoms with Gasteiger partial charge in [0, 0.05) is 5.56 Å². The zero-order valence-corrected chi connectivity index (χ0v) is 8.37. The molecule has 0 unspecified atom stereocenters. The van der Waals surface area contributed by atoms with E-state index < -0.39 is 0 Å². The first-order valence-corrected chi connectivity index (χ1v) is 4.67. The van der Waals surface area contributed by atoms with Crippen LogP contribution in [0.25, 0.3) is 10.8 Å². The fourth-order valence-corrected chi connectivity index (χ4v) is 1.69. The molecule has 0 amide bonds. The number of carbonyl (C=O) groups is 1. The Kier molecular flexibility index (Phi) is 2.08. The van der Waals surface area contributed by atoms with E-state index in [9.17, 15) is 4.79 Å². The molecule has 2 rings (SSSR count). The molecule has 0 aliphatic rings. The van der Waals surface area contributed by atoms with Crippen LogP contribution in [0, 0.1) is 13.8 Å². The van der Waals surface area contributed by atoms with Crippen molar-refractivity contribution in [2.75, 3.05) is 0 Å². The number of aldehydes is 1. The second kappa shape index (κ2) is 3.26. The number of benzene rings is 2. The van der Waals surface area contributed by atoms with E-state index in [-0.39, 0.29) is 0 Å². The molecule has 0 aliphatic heterocycles. The lowest BCUT2D eigenvalue weighted by Gasteiger charge is -2.05. The van der Waals surface area contributed by atoms with E-state index in [4.69, 9.17) is 0 Å². The van der Waals surface area contributed by atoms with Gasteiger partial charge in [-0.2, -0.15) is 0 Å². The first kappa shape index (κ1) is 8.95. The van der Waals surface area contributed by atoms with Gasteiger partial charge in [0.1, 0.15) is 6.29 Å². The van der Waals surface area contributed by atoms with Gasteiger partial charge in [-0.25, -0.2) is 0 Å². The zero-order chi connectivity index (χ0) is 10.1. The highest BCUT2D eigenvalue weighted by atomic mass is 16.1. The number of fused-ring (bicyclic) bond motifs is 1. The molecule has 0 saturated heterocycles. The molecule has 0 spiro atoms. The third kappa shape index (κ3) is 1.31. The molecular formula is C13H12O. The highest BCUT2D eigenvalue weighted by Gasteiger charge is 2.00. The molecule has 1 heteroatoms. The van der Waals surface area contributed by atoms with Gasteiger partial charge < -0.3 is 0 Å². The lowest BCUT2D eigenvalue weighted by molar-refractivity contribution is 0.112. The van der Waals surface area contributed by atoms with E-state index in [1.807, 2.05) is 18.2 Å². The monoisotopic (exact) mass is 184 g/mol. The van der Waals surface area contributed by atoms with E-state index in [2.05, 4.69) is 26.0 Å². The summed E-state index contributed by atoms with van der Waals surface area (Å²) >= 11 is 0. The average Bonchev–Trinajstić information content (AvgIpc) is 2.23. The molecule has 0 atom stereocenters. The molecule has 2 aromatic carbocycles. The Morgan fingerprint density at radius 3 is 2.57 bits per heavy atom. The summed E-state index contributed by atoms with van der Waals surface area (Å²) < 4.78 is 0. The van der Waals surface area contributed by atoms with Crippen molar-refractivity contribution in [2.45, 2.75) is 13.8 Å². The Morgan fingerprint density at radius 2 is 1.86 bits per heavy atom. The van der Waals surface area contributed by atoms with E-state index in [1.165, 1.54) is 16.5 Å². The van der Waals surface area contributed by atoms with Crippen molar-refractivity contribution in [3.05, 3.63) is 47.0 Å². The Bertz CT molecular complexity index is 498. The van der Waals surface area contributed by atoms with Crippen LogP contribution in [0.3, 0.4) is 0 Å². The number of hydrogen-bond acceptors (Lipinski definition) is 1. The summed E-state index contributed by atoms with van der Waals surface area (Å²) in [7, 11) is 0. The molecule has 2 aromatic rings. The Labute approximate surface area is 83.4 Å². The first-order chi connectivity index (χ1) is 6.72. The van der Waals surface area contributed by atoms with Crippen LogP contribution in [-0.4, -0.2) is 6.29 Å². The number of aryl methyl sites for hydroxylation is 2. The van der Waals surface area contributed by atoms with Gasteiger partial charge in [0.2, 0.25) is 0 Å². The minimum absolute atomic E-state index is 0.737. The third-order valence-corrected chi connectivity index (χ3v) is 2.72. The number of hydrogen-bond donors (Lipinski definition) is 0. The molecule has 70 valence electrons. The topological polar surface area (TPSA) is 17.1 Å². The summed E-state index contributed by atoms with van der Waals surface area (Å²) in [6.45, 7) is 4.21. The Morgan fingerprint density at radius 1 is 1.07 bits per heavy atom. The van der Waals surface area contributed by atoms with Gasteiger partial charge in [-0.15, -0.1) is 0 Å². The van der Waals surface area contributed by atoms with Crippen molar-refractivity contribution in [1.29, 1.82) is 0 Å². The molecular weight excluding hydrogens is 172 g/mol. The largest absolute Gasteiger partial charge is 0.298 e. The van der Waals surface area contributed by atoms with Gasteiger partial charge in [-0.05, 0) is 41.8 Å². The van der Waals surface area contributed by atoms with Crippen molar-refractivity contribution in [3.8, 4) is 0 Å². The summed E-state index contributed by atoms with van der Waals surface area (Å²) in [5, 5.41) is 2.37. The smallest absolute Gasteiger partial charge is 0.150 e. The van der Waals surface area contributed by atoms with Crippen LogP contribution in [0.15, 0.2) is 30.3 Å². The molecule has 0 saturated carbocycles. The maximum Gasteiger partial charge on any atom is 0.150 e. The van der Waals surface area contributed by atoms with E-state index >= 15 is 0 Å². The minimum Gasteiger partial charge on any atom is -0.298 e. The van der Waals surface area contributed by atoms with Gasteiger partial charge in [0.05, 0.1) is 0 Å². The molecule has 14 heavy (non-hydrogen) atoms. The zero-order valence-electron chi connectivity index (χ0n) is 8.37. The summed E-state index contributed by atoms with van der Waals surface area (Å²) in [5.41, 5.74) is 3.32. The molecule has 0 fully saturated rings. The van der Waals surface area contributed by atoms with E-state index in [1.54, 1.807) is 0 Å². The molecule has 0 heterocycles. The van der Waals surface area contributed by atoms with Crippen LogP contribution in [0.5, 0.6) is 0 Å². The quantitative estimate of drug-likeness (QED) is 0.622. The SMILES string of the molecule is Cc1ccc2cc(C=O)ccc2c1C. The predicted molar refractivity (Wildman–Crippen MR) is 58.8 cm³/mol. The Balaban J connectivity index is 2.81. The van der Waals surface area contributed by atoms with Gasteiger partial charge in [0.15, 0.2) is 0 Å². The summed E-state index contributed by atoms with van der Waals surface area (Å²) in [5.74, 6) is 0. The lowest BCUT2D eigenvalue weighted by atomic mass is 9.99. The van der Waals surface area contributed by atoms with Gasteiger partial charge in [-0.1, -0.05) is 24.3 Å². The fourth-order valence-electron chi connectivity index (χ4n) is 1.69. The number of carbonyl (C=O) groups excluding carboxylic acids is 1. The van der Waals surface area contributed by atoms with Crippen LogP contribution in [-0.2, 0) is 0 Å². The second-order valence-corrected chi connectivity index (χ2v) is 3.61. The van der Waals surface area contributed by atoms with Crippen LogP contribution < -0.4 is 0 Å². The highest BCUT2D eigenvalue weighted by molar-refractivity contribution is 5.91. The van der Waals surface area contributed by atoms with Crippen molar-refractivity contribution in [1.82, 2.24) is 0 Å². The van der Waals surface area contributed by atoms with E-state index in [0.717, 1.165) is 17.2 Å². The molecule has 0 aliphatic carbocycles. The van der Waals surface area contributed by atoms with E-state index in [0.29, 0.717) is 0 Å². The maximum absolute atomic E-state index is 10.6. The second-order valence-electron chi connectivity index (χ2n) is 3.61. The average molecular weight is 184 g/mol. The fraction of sp³-hybridized carbons (Fsp3) is 0.154. The van der Waals surface area contributed by atoms with Gasteiger partial charge in [-0.3, -0.25) is 4.79 Å². The molecule has 1 nitrogen and oxygen atoms in total. The van der Waals surface area contributed by atoms with Crippen LogP contribution >= 0.6 is 0 Å². The highest BCUT2D eigenvalue weighted by Crippen LogP contribution is 2.21. The normalized spacial score (nSPS) is 10.4. The van der Waals surface area contributed by atoms with Crippen molar-refractivity contribution >= 4 is 17.1 Å². The third-order valence-electron chi connectivity index (χ3n) is 2.72. The summed E-state index contributed by atoms with van der Waals surface area (Å²) in [6, 6.07) is 9.95. The molecule has 0 bridgehead atoms. The molecule has 0 radical (unpaired) electrons. The van der Waals surface area contributed by atoms with Crippen LogP contribution in [0.1, 0.15) is 21.5 Å². The lowest BCUT2D eigenvalue weighted by Crippen LogP contribution is -1.85. The van der Waals surface area contributed by atoms with Gasteiger partial charge >= 0.3 is 0 Å². The van der Waals surface area contributed by atoms with Crippen molar-refractivity contribution in [3.63, 3.8) is 0 Å². The maximum atomic E-state index is 10.6. The standard InChI is InChI=1S/C13H12O/c1-9-3-5-12-7-11(8-14)4-6-13(12)10(9)2/h3-8H,1-2H3. The van der Waals surface area contributed by atoms with Crippen LogP contribution in [0.2, 0.25) is 0 Å². The first-order valence-electron chi connectivity index (χ1n) is 4.67. The summed E-state index contributed by atoms with van der Waals surface area (Å²) in [6.07, 6.45) is 0.884.